The molecular formula is C12H22O3Pd. The molecule has 0 atom stereocenters. The van der Waals surface area contributed by atoms with Crippen molar-refractivity contribution in [2.45, 2.75) is 65.2 Å². The number of rotatable bonds is 8. The minimum absolute atomic E-state index is 0. The summed E-state index contributed by atoms with van der Waals surface area (Å²) in [5, 5.41) is 0. The van der Waals surface area contributed by atoms with E-state index in [2.05, 4.69) is 18.6 Å². The predicted molar refractivity (Wildman–Crippen MR) is 59.4 cm³/mol. The molecule has 0 aliphatic rings. The van der Waals surface area contributed by atoms with Gasteiger partial charge in [-0.05, 0) is 12.8 Å². The van der Waals surface area contributed by atoms with Crippen LogP contribution in [-0.2, 0) is 34.7 Å². The van der Waals surface area contributed by atoms with Crippen LogP contribution in [0.15, 0.2) is 0 Å². The minimum atomic E-state index is -0.370. The number of ether oxygens (including phenoxy) is 1. The number of carbonyl (C=O) groups is 2. The van der Waals surface area contributed by atoms with Crippen molar-refractivity contribution in [1.29, 1.82) is 0 Å². The fourth-order valence-corrected chi connectivity index (χ4v) is 1.27. The van der Waals surface area contributed by atoms with Gasteiger partial charge < -0.3 is 4.74 Å². The Balaban J connectivity index is 0. The first-order chi connectivity index (χ1) is 7.20. The molecule has 0 saturated heterocycles. The van der Waals surface area contributed by atoms with Gasteiger partial charge in [0.1, 0.15) is 0 Å². The molecule has 0 saturated carbocycles. The fourth-order valence-electron chi connectivity index (χ4n) is 1.27. The molecule has 0 unspecified atom stereocenters. The average Bonchev–Trinajstić information content (AvgIpc) is 2.18. The van der Waals surface area contributed by atoms with Crippen molar-refractivity contribution in [2.24, 2.45) is 0 Å². The standard InChI is InChI=1S/C12H22O3.Pd/c1-3-5-7-9-11(13)15-12(14)10-8-6-4-2;/h3-10H2,1-2H3;. The summed E-state index contributed by atoms with van der Waals surface area (Å²) in [6.07, 6.45) is 6.53. The van der Waals surface area contributed by atoms with E-state index in [0.717, 1.165) is 38.5 Å². The summed E-state index contributed by atoms with van der Waals surface area (Å²) in [5.41, 5.74) is 0. The Morgan fingerprint density at radius 3 is 1.50 bits per heavy atom. The Morgan fingerprint density at radius 1 is 0.812 bits per heavy atom. The van der Waals surface area contributed by atoms with Crippen molar-refractivity contribution in [3.63, 3.8) is 0 Å². The van der Waals surface area contributed by atoms with Gasteiger partial charge in [-0.25, -0.2) is 0 Å². The van der Waals surface area contributed by atoms with E-state index in [0.29, 0.717) is 12.8 Å². The van der Waals surface area contributed by atoms with Gasteiger partial charge in [0.25, 0.3) is 0 Å². The van der Waals surface area contributed by atoms with Crippen LogP contribution in [-0.4, -0.2) is 11.9 Å². The van der Waals surface area contributed by atoms with Crippen molar-refractivity contribution in [3.8, 4) is 0 Å². The van der Waals surface area contributed by atoms with Gasteiger partial charge in [0.15, 0.2) is 0 Å². The zero-order valence-corrected chi connectivity index (χ0v) is 11.8. The van der Waals surface area contributed by atoms with Crippen LogP contribution in [0, 0.1) is 0 Å². The molecule has 16 heavy (non-hydrogen) atoms. The first-order valence-electron chi connectivity index (χ1n) is 5.94. The quantitative estimate of drug-likeness (QED) is 0.298. The van der Waals surface area contributed by atoms with Crippen molar-refractivity contribution in [1.82, 2.24) is 0 Å². The summed E-state index contributed by atoms with van der Waals surface area (Å²) in [6.45, 7) is 4.14. The number of hydrogen-bond acceptors (Lipinski definition) is 3. The van der Waals surface area contributed by atoms with Gasteiger partial charge in [-0.1, -0.05) is 39.5 Å². The van der Waals surface area contributed by atoms with E-state index in [1.807, 2.05) is 0 Å². The number of esters is 2. The fraction of sp³-hybridized carbons (Fsp3) is 0.833. The third-order valence-electron chi connectivity index (χ3n) is 2.20. The summed E-state index contributed by atoms with van der Waals surface area (Å²) < 4.78 is 4.67. The number of carbonyl (C=O) groups excluding carboxylic acids is 2. The van der Waals surface area contributed by atoms with Crippen LogP contribution < -0.4 is 0 Å². The van der Waals surface area contributed by atoms with Gasteiger partial charge in [-0.2, -0.15) is 0 Å². The van der Waals surface area contributed by atoms with Gasteiger partial charge in [0.2, 0.25) is 0 Å². The summed E-state index contributed by atoms with van der Waals surface area (Å²) in [6, 6.07) is 0. The second-order valence-corrected chi connectivity index (χ2v) is 3.76. The summed E-state index contributed by atoms with van der Waals surface area (Å²) in [5.74, 6) is -0.741. The molecule has 0 rings (SSSR count). The topological polar surface area (TPSA) is 43.4 Å². The monoisotopic (exact) mass is 320 g/mol. The van der Waals surface area contributed by atoms with Crippen LogP contribution in [0.25, 0.3) is 0 Å². The molecule has 98 valence electrons. The third kappa shape index (κ3) is 11.9. The normalized spacial score (nSPS) is 9.38. The smallest absolute Gasteiger partial charge is 0.313 e. The Morgan fingerprint density at radius 2 is 1.19 bits per heavy atom. The van der Waals surface area contributed by atoms with E-state index in [1.165, 1.54) is 0 Å². The van der Waals surface area contributed by atoms with Crippen LogP contribution in [0.3, 0.4) is 0 Å². The number of unbranched alkanes of at least 4 members (excludes halogenated alkanes) is 4. The molecule has 4 heteroatoms. The molecule has 0 aliphatic heterocycles. The zero-order valence-electron chi connectivity index (χ0n) is 10.2. The second-order valence-electron chi connectivity index (χ2n) is 3.76. The Kier molecular flexibility index (Phi) is 14.6. The van der Waals surface area contributed by atoms with Crippen LogP contribution in [0.2, 0.25) is 0 Å². The van der Waals surface area contributed by atoms with Crippen molar-refractivity contribution in [3.05, 3.63) is 0 Å². The van der Waals surface area contributed by atoms with E-state index in [1.54, 1.807) is 0 Å². The maximum absolute atomic E-state index is 11.1. The Hall–Kier alpha value is -0.198. The van der Waals surface area contributed by atoms with E-state index in [4.69, 9.17) is 0 Å². The molecule has 0 radical (unpaired) electrons. The molecule has 0 amide bonds. The van der Waals surface area contributed by atoms with Crippen molar-refractivity contribution in [2.75, 3.05) is 0 Å². The molecule has 0 fully saturated rings. The van der Waals surface area contributed by atoms with Gasteiger partial charge >= 0.3 is 11.9 Å². The Bertz CT molecular complexity index is 173. The second kappa shape index (κ2) is 12.9. The molecule has 3 nitrogen and oxygen atoms in total. The molecule has 0 bridgehead atoms. The molecule has 0 aliphatic carbocycles. The molecular weight excluding hydrogens is 299 g/mol. The average molecular weight is 321 g/mol. The first kappa shape index (κ1) is 18.2. The van der Waals surface area contributed by atoms with Gasteiger partial charge in [0, 0.05) is 33.3 Å². The molecule has 0 N–H and O–H groups in total. The number of hydrogen-bond donors (Lipinski definition) is 0. The molecule has 0 aromatic carbocycles. The summed E-state index contributed by atoms with van der Waals surface area (Å²) in [7, 11) is 0. The SMILES string of the molecule is CCCCCC(=O)OC(=O)CCCCC.[Pd]. The van der Waals surface area contributed by atoms with Gasteiger partial charge in [-0.15, -0.1) is 0 Å². The molecule has 0 aromatic heterocycles. The van der Waals surface area contributed by atoms with E-state index >= 15 is 0 Å². The minimum Gasteiger partial charge on any atom is -0.393 e. The summed E-state index contributed by atoms with van der Waals surface area (Å²) >= 11 is 0. The molecule has 0 spiro atoms. The third-order valence-corrected chi connectivity index (χ3v) is 2.20. The Labute approximate surface area is 112 Å². The summed E-state index contributed by atoms with van der Waals surface area (Å²) in [4.78, 5) is 22.2. The molecule has 0 heterocycles. The van der Waals surface area contributed by atoms with Crippen LogP contribution in [0.1, 0.15) is 65.2 Å². The molecule has 0 aromatic rings. The first-order valence-corrected chi connectivity index (χ1v) is 5.94. The largest absolute Gasteiger partial charge is 0.393 e. The van der Waals surface area contributed by atoms with Crippen molar-refractivity contribution < 1.29 is 34.7 Å². The van der Waals surface area contributed by atoms with Gasteiger partial charge in [0.05, 0.1) is 0 Å². The van der Waals surface area contributed by atoms with E-state index in [9.17, 15) is 9.59 Å². The van der Waals surface area contributed by atoms with E-state index in [-0.39, 0.29) is 32.4 Å². The zero-order chi connectivity index (χ0) is 11.5. The van der Waals surface area contributed by atoms with Crippen molar-refractivity contribution >= 4 is 11.9 Å². The maximum Gasteiger partial charge on any atom is 0.313 e. The predicted octanol–water partition coefficient (Wildman–Crippen LogP) is 3.21. The van der Waals surface area contributed by atoms with Crippen LogP contribution in [0.5, 0.6) is 0 Å². The maximum atomic E-state index is 11.1. The van der Waals surface area contributed by atoms with E-state index < -0.39 is 0 Å². The van der Waals surface area contributed by atoms with Crippen LogP contribution in [0.4, 0.5) is 0 Å². The van der Waals surface area contributed by atoms with Gasteiger partial charge in [-0.3, -0.25) is 9.59 Å². The van der Waals surface area contributed by atoms with Crippen LogP contribution >= 0.6 is 0 Å².